The topological polar surface area (TPSA) is 49.4 Å². The van der Waals surface area contributed by atoms with Crippen molar-refractivity contribution in [3.05, 3.63) is 53.6 Å². The Morgan fingerprint density at radius 2 is 1.75 bits per heavy atom. The first kappa shape index (κ1) is 11.2. The molecule has 2 aromatic carbocycles. The van der Waals surface area contributed by atoms with Gasteiger partial charge in [0.25, 0.3) is 0 Å². The maximum atomic E-state index is 11.7. The molecule has 1 saturated heterocycles. The van der Waals surface area contributed by atoms with Crippen LogP contribution in [0.1, 0.15) is 11.1 Å². The molecule has 2 aromatic rings. The molecule has 0 saturated carbocycles. The van der Waals surface area contributed by atoms with E-state index in [2.05, 4.69) is 17.4 Å². The maximum Gasteiger partial charge on any atom is 0.329 e. The van der Waals surface area contributed by atoms with E-state index >= 15 is 0 Å². The minimum absolute atomic E-state index is 0.102. The second kappa shape index (κ2) is 3.93. The second-order valence-electron chi connectivity index (χ2n) is 5.11. The van der Waals surface area contributed by atoms with Crippen molar-refractivity contribution in [2.45, 2.75) is 6.42 Å². The number of benzene rings is 2. The first-order valence-corrected chi connectivity index (χ1v) is 6.55. The fraction of sp³-hybridized carbons (Fsp3) is 0.125. The fourth-order valence-electron chi connectivity index (χ4n) is 2.95. The van der Waals surface area contributed by atoms with Crippen molar-refractivity contribution in [1.29, 1.82) is 0 Å². The lowest BCUT2D eigenvalue weighted by atomic mass is 10.1. The van der Waals surface area contributed by atoms with Crippen molar-refractivity contribution in [2.75, 3.05) is 11.4 Å². The number of anilines is 1. The zero-order valence-electron chi connectivity index (χ0n) is 10.7. The predicted molar refractivity (Wildman–Crippen MR) is 75.6 cm³/mol. The minimum Gasteiger partial charge on any atom is -0.285 e. The standard InChI is InChI=1S/C16H12N2O2/c19-15-9-18(16(20)17-15)12-5-6-14-11(8-12)7-10-3-1-2-4-13(10)14/h1-6,8H,7,9H2,(H,17,19,20). The van der Waals surface area contributed by atoms with E-state index in [4.69, 9.17) is 0 Å². The van der Waals surface area contributed by atoms with E-state index < -0.39 is 0 Å². The highest BCUT2D eigenvalue weighted by molar-refractivity contribution is 6.12. The van der Waals surface area contributed by atoms with Crippen LogP contribution in [0.2, 0.25) is 0 Å². The Morgan fingerprint density at radius 1 is 0.950 bits per heavy atom. The molecule has 4 rings (SSSR count). The van der Waals surface area contributed by atoms with Crippen LogP contribution in [0.15, 0.2) is 42.5 Å². The number of urea groups is 1. The lowest BCUT2D eigenvalue weighted by Crippen LogP contribution is -2.27. The monoisotopic (exact) mass is 264 g/mol. The van der Waals surface area contributed by atoms with Gasteiger partial charge >= 0.3 is 6.03 Å². The van der Waals surface area contributed by atoms with Crippen LogP contribution in [0.4, 0.5) is 10.5 Å². The first-order valence-electron chi connectivity index (χ1n) is 6.55. The largest absolute Gasteiger partial charge is 0.329 e. The van der Waals surface area contributed by atoms with Gasteiger partial charge in [-0.2, -0.15) is 0 Å². The smallest absolute Gasteiger partial charge is 0.285 e. The lowest BCUT2D eigenvalue weighted by molar-refractivity contribution is -0.117. The van der Waals surface area contributed by atoms with Crippen molar-refractivity contribution in [3.8, 4) is 11.1 Å². The number of imide groups is 1. The molecular weight excluding hydrogens is 252 g/mol. The molecule has 1 heterocycles. The molecule has 1 aliphatic carbocycles. The number of rotatable bonds is 1. The molecular formula is C16H12N2O2. The highest BCUT2D eigenvalue weighted by Crippen LogP contribution is 2.38. The van der Waals surface area contributed by atoms with Crippen molar-refractivity contribution in [1.82, 2.24) is 5.32 Å². The van der Waals surface area contributed by atoms with Gasteiger partial charge in [-0.05, 0) is 40.8 Å². The molecule has 0 bridgehead atoms. The molecule has 0 atom stereocenters. The summed E-state index contributed by atoms with van der Waals surface area (Å²) in [5, 5.41) is 2.30. The normalized spacial score (nSPS) is 16.1. The average Bonchev–Trinajstić information content (AvgIpc) is 2.97. The van der Waals surface area contributed by atoms with Gasteiger partial charge in [-0.15, -0.1) is 0 Å². The number of carbonyl (C=O) groups is 2. The van der Waals surface area contributed by atoms with Gasteiger partial charge in [-0.25, -0.2) is 4.79 Å². The van der Waals surface area contributed by atoms with Crippen molar-refractivity contribution < 1.29 is 9.59 Å². The van der Waals surface area contributed by atoms with Crippen LogP contribution in [-0.4, -0.2) is 18.5 Å². The van der Waals surface area contributed by atoms with Crippen molar-refractivity contribution in [2.24, 2.45) is 0 Å². The van der Waals surface area contributed by atoms with E-state index in [9.17, 15) is 9.59 Å². The van der Waals surface area contributed by atoms with Crippen molar-refractivity contribution >= 4 is 17.6 Å². The zero-order valence-corrected chi connectivity index (χ0v) is 10.7. The Morgan fingerprint density at radius 3 is 2.55 bits per heavy atom. The van der Waals surface area contributed by atoms with E-state index in [1.807, 2.05) is 30.3 Å². The lowest BCUT2D eigenvalue weighted by Gasteiger charge is -2.14. The van der Waals surface area contributed by atoms with Crippen LogP contribution in [0.5, 0.6) is 0 Å². The Hall–Kier alpha value is -2.62. The molecule has 20 heavy (non-hydrogen) atoms. The van der Waals surface area contributed by atoms with E-state index in [1.54, 1.807) is 0 Å². The number of hydrogen-bond donors (Lipinski definition) is 1. The van der Waals surface area contributed by atoms with Crippen LogP contribution in [0, 0.1) is 0 Å². The Labute approximate surface area is 116 Å². The van der Waals surface area contributed by atoms with E-state index in [0.717, 1.165) is 12.1 Å². The van der Waals surface area contributed by atoms with Gasteiger partial charge in [0.2, 0.25) is 5.91 Å². The summed E-state index contributed by atoms with van der Waals surface area (Å²) in [6, 6.07) is 13.9. The van der Waals surface area contributed by atoms with Crippen LogP contribution < -0.4 is 10.2 Å². The summed E-state index contributed by atoms with van der Waals surface area (Å²) in [5.74, 6) is -0.251. The molecule has 0 unspecified atom stereocenters. The fourth-order valence-corrected chi connectivity index (χ4v) is 2.95. The minimum atomic E-state index is -0.342. The Kier molecular flexibility index (Phi) is 2.21. The molecule has 0 radical (unpaired) electrons. The molecule has 1 N–H and O–H groups in total. The highest BCUT2D eigenvalue weighted by atomic mass is 16.2. The molecule has 98 valence electrons. The van der Waals surface area contributed by atoms with Gasteiger partial charge in [0.15, 0.2) is 0 Å². The molecule has 4 heteroatoms. The summed E-state index contributed by atoms with van der Waals surface area (Å²) in [5.41, 5.74) is 5.77. The Bertz CT molecular complexity index is 752. The van der Waals surface area contributed by atoms with E-state index in [1.165, 1.54) is 27.2 Å². The molecule has 0 spiro atoms. The third-order valence-electron chi connectivity index (χ3n) is 3.88. The van der Waals surface area contributed by atoms with E-state index in [-0.39, 0.29) is 18.5 Å². The summed E-state index contributed by atoms with van der Waals surface area (Å²) >= 11 is 0. The van der Waals surface area contributed by atoms with Gasteiger partial charge in [0, 0.05) is 5.69 Å². The highest BCUT2D eigenvalue weighted by Gasteiger charge is 2.29. The summed E-state index contributed by atoms with van der Waals surface area (Å²) in [6.07, 6.45) is 0.878. The average molecular weight is 264 g/mol. The molecule has 2 aliphatic rings. The molecule has 1 aliphatic heterocycles. The van der Waals surface area contributed by atoms with E-state index in [0.29, 0.717) is 0 Å². The van der Waals surface area contributed by atoms with Crippen LogP contribution in [-0.2, 0) is 11.2 Å². The van der Waals surface area contributed by atoms with Crippen LogP contribution >= 0.6 is 0 Å². The molecule has 0 aromatic heterocycles. The van der Waals surface area contributed by atoms with Gasteiger partial charge in [0.05, 0.1) is 0 Å². The number of amides is 3. The molecule has 4 nitrogen and oxygen atoms in total. The maximum absolute atomic E-state index is 11.7. The molecule has 1 fully saturated rings. The SMILES string of the molecule is O=C1CN(c2ccc3c(c2)Cc2ccccc2-3)C(=O)N1. The number of nitrogens with one attached hydrogen (secondary N) is 1. The quantitative estimate of drug-likeness (QED) is 0.686. The first-order chi connectivity index (χ1) is 9.72. The van der Waals surface area contributed by atoms with Crippen LogP contribution in [0.3, 0.4) is 0 Å². The van der Waals surface area contributed by atoms with Gasteiger partial charge in [0.1, 0.15) is 6.54 Å². The van der Waals surface area contributed by atoms with Crippen molar-refractivity contribution in [3.63, 3.8) is 0 Å². The number of fused-ring (bicyclic) bond motifs is 3. The molecule has 3 amide bonds. The Balaban J connectivity index is 1.76. The summed E-state index contributed by atoms with van der Waals surface area (Å²) < 4.78 is 0. The number of hydrogen-bond acceptors (Lipinski definition) is 2. The zero-order chi connectivity index (χ0) is 13.7. The van der Waals surface area contributed by atoms with Crippen LogP contribution in [0.25, 0.3) is 11.1 Å². The number of nitrogens with zero attached hydrogens (tertiary/aromatic N) is 1. The van der Waals surface area contributed by atoms with Gasteiger partial charge in [-0.1, -0.05) is 30.3 Å². The summed E-state index contributed by atoms with van der Waals surface area (Å²) in [6.45, 7) is 0.102. The summed E-state index contributed by atoms with van der Waals surface area (Å²) in [4.78, 5) is 24.5. The third-order valence-corrected chi connectivity index (χ3v) is 3.88. The summed E-state index contributed by atoms with van der Waals surface area (Å²) in [7, 11) is 0. The second-order valence-corrected chi connectivity index (χ2v) is 5.11. The van der Waals surface area contributed by atoms with Gasteiger partial charge in [-0.3, -0.25) is 15.0 Å². The third kappa shape index (κ3) is 1.54. The predicted octanol–water partition coefficient (Wildman–Crippen LogP) is 2.31. The number of carbonyl (C=O) groups excluding carboxylic acids is 2. The van der Waals surface area contributed by atoms with Gasteiger partial charge < -0.3 is 0 Å².